The summed E-state index contributed by atoms with van der Waals surface area (Å²) in [5.41, 5.74) is 0.240. The molecule has 0 bridgehead atoms. The van der Waals surface area contributed by atoms with Crippen LogP contribution in [0.5, 0.6) is 5.75 Å². The van der Waals surface area contributed by atoms with Crippen LogP contribution < -0.4 is 0 Å². The molecule has 0 aromatic heterocycles. The van der Waals surface area contributed by atoms with Crippen LogP contribution in [0.15, 0.2) is 18.2 Å². The van der Waals surface area contributed by atoms with Crippen LogP contribution in [0.25, 0.3) is 0 Å². The highest BCUT2D eigenvalue weighted by atomic mass is 35.5. The Kier molecular flexibility index (Phi) is 3.78. The quantitative estimate of drug-likeness (QED) is 0.851. The van der Waals surface area contributed by atoms with E-state index in [-0.39, 0.29) is 29.4 Å². The van der Waals surface area contributed by atoms with Gasteiger partial charge in [0.1, 0.15) is 5.75 Å². The lowest BCUT2D eigenvalue weighted by Gasteiger charge is -2.35. The van der Waals surface area contributed by atoms with Gasteiger partial charge in [0.05, 0.1) is 17.8 Å². The molecule has 4 nitrogen and oxygen atoms in total. The Hall–Kier alpha value is -1.26. The Balaban J connectivity index is 2.22. The Labute approximate surface area is 111 Å². The number of rotatable bonds is 1. The predicted octanol–water partition coefficient (Wildman–Crippen LogP) is 2.29. The Morgan fingerprint density at radius 2 is 2.00 bits per heavy atom. The van der Waals surface area contributed by atoms with Crippen LogP contribution in [-0.2, 0) is 4.74 Å². The summed E-state index contributed by atoms with van der Waals surface area (Å²) in [4.78, 5) is 14.0. The van der Waals surface area contributed by atoms with E-state index in [0.717, 1.165) is 0 Å². The second-order valence-corrected chi connectivity index (χ2v) is 5.07. The first-order valence-corrected chi connectivity index (χ1v) is 6.28. The van der Waals surface area contributed by atoms with Crippen molar-refractivity contribution in [3.63, 3.8) is 0 Å². The number of carbonyl (C=O) groups is 1. The summed E-state index contributed by atoms with van der Waals surface area (Å²) in [6.45, 7) is 4.89. The second kappa shape index (κ2) is 5.16. The number of ether oxygens (including phenoxy) is 1. The zero-order chi connectivity index (χ0) is 13.3. The summed E-state index contributed by atoms with van der Waals surface area (Å²) in [5, 5.41) is 10.2. The average molecular weight is 270 g/mol. The van der Waals surface area contributed by atoms with Gasteiger partial charge in [-0.05, 0) is 32.0 Å². The molecular formula is C13H16ClNO3. The number of phenolic OH excluding ortho intramolecular Hbond substituents is 1. The molecule has 1 aromatic rings. The number of benzene rings is 1. The smallest absolute Gasteiger partial charge is 0.257 e. The molecular weight excluding hydrogens is 254 g/mol. The lowest BCUT2D eigenvalue weighted by molar-refractivity contribution is -0.0586. The van der Waals surface area contributed by atoms with Gasteiger partial charge in [0, 0.05) is 18.1 Å². The first-order chi connectivity index (χ1) is 8.47. The highest BCUT2D eigenvalue weighted by molar-refractivity contribution is 6.31. The maximum atomic E-state index is 12.3. The zero-order valence-electron chi connectivity index (χ0n) is 10.4. The first kappa shape index (κ1) is 13.2. The van der Waals surface area contributed by atoms with Crippen LogP contribution in [0, 0.1) is 0 Å². The average Bonchev–Trinajstić information content (AvgIpc) is 2.30. The van der Waals surface area contributed by atoms with Gasteiger partial charge in [0.2, 0.25) is 0 Å². The number of aromatic hydroxyl groups is 1. The number of halogens is 1. The minimum Gasteiger partial charge on any atom is -0.507 e. The van der Waals surface area contributed by atoms with Crippen molar-refractivity contribution < 1.29 is 14.6 Å². The van der Waals surface area contributed by atoms with Crippen molar-refractivity contribution in [3.8, 4) is 5.75 Å². The normalized spacial score (nSPS) is 24.1. The summed E-state index contributed by atoms with van der Waals surface area (Å²) >= 11 is 5.85. The fraction of sp³-hybridized carbons (Fsp3) is 0.462. The molecule has 1 aliphatic rings. The minimum absolute atomic E-state index is 0.000901. The summed E-state index contributed by atoms with van der Waals surface area (Å²) < 4.78 is 5.57. The molecule has 1 fully saturated rings. The van der Waals surface area contributed by atoms with Crippen molar-refractivity contribution in [2.75, 3.05) is 13.1 Å². The monoisotopic (exact) mass is 269 g/mol. The van der Waals surface area contributed by atoms with Gasteiger partial charge < -0.3 is 14.7 Å². The molecule has 1 amide bonds. The van der Waals surface area contributed by atoms with E-state index in [1.165, 1.54) is 12.1 Å². The molecule has 2 rings (SSSR count). The topological polar surface area (TPSA) is 49.8 Å². The van der Waals surface area contributed by atoms with Crippen molar-refractivity contribution >= 4 is 17.5 Å². The van der Waals surface area contributed by atoms with E-state index < -0.39 is 0 Å². The van der Waals surface area contributed by atoms with Crippen molar-refractivity contribution in [1.29, 1.82) is 0 Å². The fourth-order valence-electron chi connectivity index (χ4n) is 2.19. The molecule has 0 spiro atoms. The molecule has 1 aromatic carbocycles. The molecule has 0 saturated carbocycles. The van der Waals surface area contributed by atoms with Crippen LogP contribution in [-0.4, -0.2) is 41.2 Å². The van der Waals surface area contributed by atoms with E-state index in [4.69, 9.17) is 16.3 Å². The van der Waals surface area contributed by atoms with Crippen LogP contribution in [0.1, 0.15) is 24.2 Å². The molecule has 0 aliphatic carbocycles. The SMILES string of the molecule is C[C@@H]1CN(C(=O)c2cc(Cl)ccc2O)C[C@H](C)O1. The molecule has 0 unspecified atom stereocenters. The van der Waals surface area contributed by atoms with Gasteiger partial charge in [-0.25, -0.2) is 0 Å². The third kappa shape index (κ3) is 2.76. The summed E-state index contributed by atoms with van der Waals surface area (Å²) in [6.07, 6.45) is -0.00180. The number of amides is 1. The van der Waals surface area contributed by atoms with Crippen molar-refractivity contribution in [2.45, 2.75) is 26.1 Å². The molecule has 1 heterocycles. The van der Waals surface area contributed by atoms with E-state index in [1.54, 1.807) is 11.0 Å². The molecule has 1 aliphatic heterocycles. The van der Waals surface area contributed by atoms with Gasteiger partial charge in [0.25, 0.3) is 5.91 Å². The van der Waals surface area contributed by atoms with E-state index >= 15 is 0 Å². The van der Waals surface area contributed by atoms with Crippen molar-refractivity contribution in [1.82, 2.24) is 4.90 Å². The van der Waals surface area contributed by atoms with Crippen molar-refractivity contribution in [3.05, 3.63) is 28.8 Å². The molecule has 98 valence electrons. The molecule has 5 heteroatoms. The first-order valence-electron chi connectivity index (χ1n) is 5.90. The minimum atomic E-state index is -0.211. The molecule has 18 heavy (non-hydrogen) atoms. The highest BCUT2D eigenvalue weighted by Crippen LogP contribution is 2.24. The van der Waals surface area contributed by atoms with E-state index in [0.29, 0.717) is 18.1 Å². The van der Waals surface area contributed by atoms with Crippen LogP contribution in [0.2, 0.25) is 5.02 Å². The van der Waals surface area contributed by atoms with E-state index in [2.05, 4.69) is 0 Å². The number of hydrogen-bond acceptors (Lipinski definition) is 3. The number of phenols is 1. The number of nitrogens with zero attached hydrogens (tertiary/aromatic N) is 1. The van der Waals surface area contributed by atoms with Gasteiger partial charge in [-0.2, -0.15) is 0 Å². The predicted molar refractivity (Wildman–Crippen MR) is 69.0 cm³/mol. The lowest BCUT2D eigenvalue weighted by atomic mass is 10.1. The lowest BCUT2D eigenvalue weighted by Crippen LogP contribution is -2.48. The Morgan fingerprint density at radius 1 is 1.39 bits per heavy atom. The summed E-state index contributed by atoms with van der Waals surface area (Å²) in [7, 11) is 0. The van der Waals surface area contributed by atoms with Crippen LogP contribution in [0.4, 0.5) is 0 Å². The number of morpholine rings is 1. The van der Waals surface area contributed by atoms with Gasteiger partial charge in [-0.3, -0.25) is 4.79 Å². The van der Waals surface area contributed by atoms with Gasteiger partial charge >= 0.3 is 0 Å². The molecule has 1 N–H and O–H groups in total. The maximum Gasteiger partial charge on any atom is 0.257 e. The van der Waals surface area contributed by atoms with Crippen LogP contribution in [0.3, 0.4) is 0 Å². The standard InChI is InChI=1S/C13H16ClNO3/c1-8-6-15(7-9(2)18-8)13(17)11-5-10(14)3-4-12(11)16/h3-5,8-9,16H,6-7H2,1-2H3/t8-,9+. The summed E-state index contributed by atoms with van der Waals surface area (Å²) in [6, 6.07) is 4.48. The number of carbonyl (C=O) groups excluding carboxylic acids is 1. The third-order valence-corrected chi connectivity index (χ3v) is 3.13. The molecule has 0 radical (unpaired) electrons. The third-order valence-electron chi connectivity index (χ3n) is 2.90. The maximum absolute atomic E-state index is 12.3. The highest BCUT2D eigenvalue weighted by Gasteiger charge is 2.27. The number of hydrogen-bond donors (Lipinski definition) is 1. The van der Waals surface area contributed by atoms with Gasteiger partial charge in [-0.1, -0.05) is 11.6 Å². The Bertz CT molecular complexity index is 454. The van der Waals surface area contributed by atoms with Gasteiger partial charge in [0.15, 0.2) is 0 Å². The second-order valence-electron chi connectivity index (χ2n) is 4.63. The molecule has 1 saturated heterocycles. The summed E-state index contributed by atoms with van der Waals surface area (Å²) in [5.74, 6) is -0.256. The van der Waals surface area contributed by atoms with E-state index in [9.17, 15) is 9.90 Å². The van der Waals surface area contributed by atoms with E-state index in [1.807, 2.05) is 13.8 Å². The Morgan fingerprint density at radius 3 is 2.61 bits per heavy atom. The van der Waals surface area contributed by atoms with Crippen LogP contribution >= 0.6 is 11.6 Å². The fourth-order valence-corrected chi connectivity index (χ4v) is 2.37. The van der Waals surface area contributed by atoms with Gasteiger partial charge in [-0.15, -0.1) is 0 Å². The molecule has 2 atom stereocenters. The largest absolute Gasteiger partial charge is 0.507 e. The van der Waals surface area contributed by atoms with Crippen molar-refractivity contribution in [2.24, 2.45) is 0 Å². The zero-order valence-corrected chi connectivity index (χ0v) is 11.1.